The molecular formula is C46H88NO9P. The number of aliphatic carboxylic acids is 1. The van der Waals surface area contributed by atoms with Crippen LogP contribution in [0.15, 0.2) is 24.3 Å². The Kier molecular flexibility index (Phi) is 41.4. The minimum atomic E-state index is -4.61. The van der Waals surface area contributed by atoms with E-state index in [1.165, 1.54) is 148 Å². The number of carboxylic acid groups (broad SMARTS) is 1. The van der Waals surface area contributed by atoms with Crippen LogP contribution < -0.4 is 5.73 Å². The number of hydrogen-bond donors (Lipinski definition) is 3. The molecule has 0 radical (unpaired) electrons. The van der Waals surface area contributed by atoms with Gasteiger partial charge >= 0.3 is 19.8 Å². The van der Waals surface area contributed by atoms with Gasteiger partial charge in [-0.2, -0.15) is 0 Å². The Morgan fingerprint density at radius 3 is 1.39 bits per heavy atom. The van der Waals surface area contributed by atoms with Gasteiger partial charge in [0.1, 0.15) is 12.1 Å². The van der Waals surface area contributed by atoms with Crippen LogP contribution in [0.25, 0.3) is 0 Å². The molecule has 11 heteroatoms. The van der Waals surface area contributed by atoms with E-state index < -0.39 is 45.1 Å². The van der Waals surface area contributed by atoms with E-state index in [4.69, 9.17) is 29.4 Å². The third-order valence-corrected chi connectivity index (χ3v) is 11.2. The minimum Gasteiger partial charge on any atom is -0.480 e. The summed E-state index contributed by atoms with van der Waals surface area (Å²) in [5.41, 5.74) is 5.36. The maximum atomic E-state index is 12.6. The lowest BCUT2D eigenvalue weighted by Gasteiger charge is -2.20. The SMILES string of the molecule is CCCC/C=C\CCCCCCCCOCC(COP(=O)(O)OCC(N)C(=O)O)OC(=O)CCCCCCCCCCCCC/C=C\CCCCCCCCCC. The average molecular weight is 830 g/mol. The van der Waals surface area contributed by atoms with Crippen LogP contribution in [0.5, 0.6) is 0 Å². The summed E-state index contributed by atoms with van der Waals surface area (Å²) in [6, 6.07) is -1.47. The normalized spacial score (nSPS) is 14.0. The molecule has 0 aromatic rings. The molecule has 0 aromatic heterocycles. The maximum Gasteiger partial charge on any atom is 0.472 e. The van der Waals surface area contributed by atoms with Gasteiger partial charge in [-0.3, -0.25) is 18.6 Å². The van der Waals surface area contributed by atoms with Crippen LogP contribution in [0, 0.1) is 0 Å². The van der Waals surface area contributed by atoms with Crippen molar-refractivity contribution >= 4 is 19.8 Å². The monoisotopic (exact) mass is 830 g/mol. The molecule has 0 fully saturated rings. The van der Waals surface area contributed by atoms with Crippen LogP contribution in [0.4, 0.5) is 0 Å². The molecular weight excluding hydrogens is 741 g/mol. The van der Waals surface area contributed by atoms with Gasteiger partial charge in [-0.15, -0.1) is 0 Å². The van der Waals surface area contributed by atoms with Crippen molar-refractivity contribution < 1.29 is 42.7 Å². The van der Waals surface area contributed by atoms with Crippen molar-refractivity contribution in [1.82, 2.24) is 0 Å². The van der Waals surface area contributed by atoms with Gasteiger partial charge in [0.2, 0.25) is 0 Å². The van der Waals surface area contributed by atoms with Gasteiger partial charge in [0.25, 0.3) is 0 Å². The highest BCUT2D eigenvalue weighted by Crippen LogP contribution is 2.43. The van der Waals surface area contributed by atoms with E-state index in [0.29, 0.717) is 13.0 Å². The van der Waals surface area contributed by atoms with Crippen LogP contribution in [0.2, 0.25) is 0 Å². The summed E-state index contributed by atoms with van der Waals surface area (Å²) in [6.07, 6.45) is 46.7. The van der Waals surface area contributed by atoms with Crippen LogP contribution in [-0.2, 0) is 32.7 Å². The van der Waals surface area contributed by atoms with Gasteiger partial charge < -0.3 is 25.2 Å². The zero-order valence-electron chi connectivity index (χ0n) is 36.7. The number of esters is 1. The summed E-state index contributed by atoms with van der Waals surface area (Å²) in [7, 11) is -4.61. The topological polar surface area (TPSA) is 155 Å². The molecule has 0 amide bonds. The molecule has 0 spiro atoms. The number of allylic oxidation sites excluding steroid dienone is 4. The molecule has 57 heavy (non-hydrogen) atoms. The first-order chi connectivity index (χ1) is 27.7. The molecule has 3 atom stereocenters. The number of carbonyl (C=O) groups is 2. The average Bonchev–Trinajstić information content (AvgIpc) is 3.19. The van der Waals surface area contributed by atoms with E-state index in [1.807, 2.05) is 0 Å². The van der Waals surface area contributed by atoms with E-state index in [-0.39, 0.29) is 13.0 Å². The minimum absolute atomic E-state index is 0.0151. The number of carbonyl (C=O) groups excluding carboxylic acids is 1. The lowest BCUT2D eigenvalue weighted by atomic mass is 10.0. The standard InChI is InChI=1S/C46H88NO9P/c1-3-5-7-9-11-13-15-17-18-19-20-21-22-23-24-25-26-27-28-30-32-34-36-38-45(48)56-43(41-54-57(51,52)55-42-44(47)46(49)50)40-53-39-37-35-33-31-29-16-14-12-10-8-6-4-2/h10,12,19-20,43-44H,3-9,11,13-18,21-42,47H2,1-2H3,(H,49,50)(H,51,52)/b12-10-,20-19-. The molecule has 0 saturated heterocycles. The Balaban J connectivity index is 4.10. The Bertz CT molecular complexity index is 1010. The fourth-order valence-electron chi connectivity index (χ4n) is 6.52. The first-order valence-corrected chi connectivity index (χ1v) is 24.9. The first-order valence-electron chi connectivity index (χ1n) is 23.4. The Morgan fingerprint density at radius 2 is 0.930 bits per heavy atom. The van der Waals surface area contributed by atoms with E-state index in [0.717, 1.165) is 44.9 Å². The number of carboxylic acids is 1. The number of ether oxygens (including phenoxy) is 2. The lowest BCUT2D eigenvalue weighted by Crippen LogP contribution is -2.34. The molecule has 336 valence electrons. The Labute approximate surface area is 349 Å². The molecule has 0 aliphatic heterocycles. The molecule has 3 unspecified atom stereocenters. The second-order valence-corrected chi connectivity index (χ2v) is 17.3. The van der Waals surface area contributed by atoms with Crippen molar-refractivity contribution in [2.45, 2.75) is 231 Å². The summed E-state index contributed by atoms with van der Waals surface area (Å²) in [5.74, 6) is -1.78. The summed E-state index contributed by atoms with van der Waals surface area (Å²) < 4.78 is 33.4. The van der Waals surface area contributed by atoms with Gasteiger partial charge in [-0.25, -0.2) is 4.57 Å². The van der Waals surface area contributed by atoms with Crippen LogP contribution in [0.1, 0.15) is 219 Å². The van der Waals surface area contributed by atoms with Crippen molar-refractivity contribution in [2.24, 2.45) is 5.73 Å². The number of hydrogen-bond acceptors (Lipinski definition) is 8. The predicted octanol–water partition coefficient (Wildman–Crippen LogP) is 13.1. The molecule has 4 N–H and O–H groups in total. The molecule has 0 aliphatic carbocycles. The Morgan fingerprint density at radius 1 is 0.544 bits per heavy atom. The number of phosphoric acid groups is 1. The van der Waals surface area contributed by atoms with Crippen molar-refractivity contribution in [2.75, 3.05) is 26.4 Å². The molecule has 0 rings (SSSR count). The highest BCUT2D eigenvalue weighted by molar-refractivity contribution is 7.47. The van der Waals surface area contributed by atoms with Gasteiger partial charge in [-0.05, 0) is 57.8 Å². The van der Waals surface area contributed by atoms with Crippen LogP contribution in [-0.4, -0.2) is 60.5 Å². The fourth-order valence-corrected chi connectivity index (χ4v) is 7.30. The molecule has 10 nitrogen and oxygen atoms in total. The fraction of sp³-hybridized carbons (Fsp3) is 0.870. The van der Waals surface area contributed by atoms with Crippen molar-refractivity contribution in [3.63, 3.8) is 0 Å². The van der Waals surface area contributed by atoms with Gasteiger partial charge in [0, 0.05) is 13.0 Å². The zero-order valence-corrected chi connectivity index (χ0v) is 37.6. The number of unbranched alkanes of at least 4 members (excludes halogenated alkanes) is 27. The third-order valence-electron chi connectivity index (χ3n) is 10.2. The number of phosphoric ester groups is 1. The lowest BCUT2D eigenvalue weighted by molar-refractivity contribution is -0.154. The Hall–Kier alpha value is -1.55. The second kappa shape index (κ2) is 42.6. The first kappa shape index (κ1) is 55.5. The summed E-state index contributed by atoms with van der Waals surface area (Å²) >= 11 is 0. The maximum absolute atomic E-state index is 12.6. The quantitative estimate of drug-likeness (QED) is 0.0234. The zero-order chi connectivity index (χ0) is 41.9. The van der Waals surface area contributed by atoms with Crippen molar-refractivity contribution in [3.8, 4) is 0 Å². The highest BCUT2D eigenvalue weighted by atomic mass is 31.2. The second-order valence-electron chi connectivity index (χ2n) is 15.9. The molecule has 0 bridgehead atoms. The van der Waals surface area contributed by atoms with Crippen molar-refractivity contribution in [3.05, 3.63) is 24.3 Å². The van der Waals surface area contributed by atoms with E-state index >= 15 is 0 Å². The van der Waals surface area contributed by atoms with E-state index in [9.17, 15) is 19.0 Å². The van der Waals surface area contributed by atoms with Crippen LogP contribution in [0.3, 0.4) is 0 Å². The van der Waals surface area contributed by atoms with Gasteiger partial charge in [0.05, 0.1) is 19.8 Å². The summed E-state index contributed by atoms with van der Waals surface area (Å²) in [6.45, 7) is 3.85. The third kappa shape index (κ3) is 42.4. The molecule has 0 saturated carbocycles. The van der Waals surface area contributed by atoms with Gasteiger partial charge in [-0.1, -0.05) is 179 Å². The smallest absolute Gasteiger partial charge is 0.472 e. The number of rotatable bonds is 45. The largest absolute Gasteiger partial charge is 0.480 e. The summed E-state index contributed by atoms with van der Waals surface area (Å²) in [4.78, 5) is 33.6. The summed E-state index contributed by atoms with van der Waals surface area (Å²) in [5, 5.41) is 8.90. The van der Waals surface area contributed by atoms with E-state index in [2.05, 4.69) is 38.2 Å². The highest BCUT2D eigenvalue weighted by Gasteiger charge is 2.27. The molecule has 0 aromatic carbocycles. The van der Waals surface area contributed by atoms with Crippen molar-refractivity contribution in [1.29, 1.82) is 0 Å². The predicted molar refractivity (Wildman–Crippen MR) is 235 cm³/mol. The van der Waals surface area contributed by atoms with Gasteiger partial charge in [0.15, 0.2) is 0 Å². The molecule has 0 heterocycles. The van der Waals surface area contributed by atoms with Crippen LogP contribution >= 0.6 is 7.82 Å². The number of nitrogens with two attached hydrogens (primary N) is 1. The van der Waals surface area contributed by atoms with E-state index in [1.54, 1.807) is 0 Å². The molecule has 0 aliphatic rings.